The van der Waals surface area contributed by atoms with Crippen molar-refractivity contribution < 1.29 is 18.0 Å². The molecule has 1 atom stereocenters. The van der Waals surface area contributed by atoms with Crippen molar-refractivity contribution in [3.05, 3.63) is 65.7 Å². The molecule has 0 bridgehead atoms. The molecule has 1 saturated carbocycles. The van der Waals surface area contributed by atoms with Crippen molar-refractivity contribution in [2.75, 3.05) is 23.7 Å². The minimum atomic E-state index is -3.50. The Morgan fingerprint density at radius 1 is 1.00 bits per heavy atom. The van der Waals surface area contributed by atoms with E-state index in [1.807, 2.05) is 55.5 Å². The molecule has 0 radical (unpaired) electrons. The quantitative estimate of drug-likeness (QED) is 0.442. The molecule has 2 amide bonds. The summed E-state index contributed by atoms with van der Waals surface area (Å²) >= 11 is 0. The fourth-order valence-corrected chi connectivity index (χ4v) is 5.88. The van der Waals surface area contributed by atoms with Crippen LogP contribution in [0.2, 0.25) is 0 Å². The Labute approximate surface area is 222 Å². The monoisotopic (exact) mass is 527 g/mol. The number of aryl methyl sites for hydroxylation is 1. The van der Waals surface area contributed by atoms with E-state index in [0.29, 0.717) is 25.1 Å². The summed E-state index contributed by atoms with van der Waals surface area (Å²) in [6.07, 6.45) is 7.76. The van der Waals surface area contributed by atoms with Gasteiger partial charge >= 0.3 is 0 Å². The molecule has 2 aromatic carbocycles. The summed E-state index contributed by atoms with van der Waals surface area (Å²) in [6.45, 7) is 4.33. The molecule has 0 spiro atoms. The Hall–Kier alpha value is -2.87. The van der Waals surface area contributed by atoms with E-state index in [1.165, 1.54) is 17.0 Å². The van der Waals surface area contributed by atoms with E-state index < -0.39 is 16.1 Å². The zero-order chi connectivity index (χ0) is 26.8. The van der Waals surface area contributed by atoms with Gasteiger partial charge in [0.1, 0.15) is 6.04 Å². The van der Waals surface area contributed by atoms with E-state index in [4.69, 9.17) is 0 Å². The van der Waals surface area contributed by atoms with Crippen LogP contribution in [0.25, 0.3) is 0 Å². The second kappa shape index (κ2) is 13.6. The first-order valence-corrected chi connectivity index (χ1v) is 15.2. The standard InChI is InChI=1S/C29H41N3O4S/c1-23-12-10-17-27(22-23)32(37(3,35)36)20-11-18-28(33)31(21-19-25-13-6-4-7-14-25)24(2)29(34)30-26-15-8-5-9-16-26/h4,6-7,10,12-14,17,22,24,26H,5,8-9,11,15-16,18-21H2,1-3H3,(H,30,34)/t24-/m0/s1. The number of hydrogen-bond donors (Lipinski definition) is 1. The number of nitrogens with one attached hydrogen (secondary N) is 1. The molecule has 0 aromatic heterocycles. The molecule has 3 rings (SSSR count). The summed E-state index contributed by atoms with van der Waals surface area (Å²) in [5.74, 6) is -0.259. The van der Waals surface area contributed by atoms with Gasteiger partial charge in [0.05, 0.1) is 11.9 Å². The van der Waals surface area contributed by atoms with Gasteiger partial charge in [0.2, 0.25) is 21.8 Å². The van der Waals surface area contributed by atoms with Crippen LogP contribution < -0.4 is 9.62 Å². The van der Waals surface area contributed by atoms with Gasteiger partial charge in [-0.3, -0.25) is 13.9 Å². The summed E-state index contributed by atoms with van der Waals surface area (Å²) in [5.41, 5.74) is 2.66. The van der Waals surface area contributed by atoms with E-state index in [0.717, 1.165) is 36.8 Å². The first-order valence-electron chi connectivity index (χ1n) is 13.3. The average Bonchev–Trinajstić information content (AvgIpc) is 2.87. The average molecular weight is 528 g/mol. The number of benzene rings is 2. The first-order chi connectivity index (χ1) is 17.6. The molecule has 0 saturated heterocycles. The van der Waals surface area contributed by atoms with E-state index in [1.54, 1.807) is 17.9 Å². The number of nitrogens with zero attached hydrogens (tertiary/aromatic N) is 2. The van der Waals surface area contributed by atoms with Crippen LogP contribution in [0.1, 0.15) is 63.0 Å². The van der Waals surface area contributed by atoms with Gasteiger partial charge in [0.15, 0.2) is 0 Å². The largest absolute Gasteiger partial charge is 0.352 e. The Morgan fingerprint density at radius 2 is 1.70 bits per heavy atom. The Bertz CT molecular complexity index is 1130. The van der Waals surface area contributed by atoms with Crippen LogP contribution in [0.3, 0.4) is 0 Å². The molecule has 2 aromatic rings. The normalized spacial score (nSPS) is 15.1. The molecule has 202 valence electrons. The summed E-state index contributed by atoms with van der Waals surface area (Å²) in [7, 11) is -3.50. The Kier molecular flexibility index (Phi) is 10.6. The van der Waals surface area contributed by atoms with Crippen LogP contribution >= 0.6 is 0 Å². The highest BCUT2D eigenvalue weighted by atomic mass is 32.2. The molecule has 0 unspecified atom stereocenters. The topological polar surface area (TPSA) is 86.8 Å². The van der Waals surface area contributed by atoms with Crippen LogP contribution in [-0.4, -0.2) is 56.6 Å². The van der Waals surface area contributed by atoms with E-state index in [2.05, 4.69) is 5.32 Å². The zero-order valence-corrected chi connectivity index (χ0v) is 23.2. The number of rotatable bonds is 12. The van der Waals surface area contributed by atoms with Crippen LogP contribution in [0.15, 0.2) is 54.6 Å². The number of sulfonamides is 1. The van der Waals surface area contributed by atoms with Gasteiger partial charge in [-0.25, -0.2) is 8.42 Å². The third-order valence-electron chi connectivity index (χ3n) is 7.04. The van der Waals surface area contributed by atoms with E-state index in [-0.39, 0.29) is 30.8 Å². The van der Waals surface area contributed by atoms with Crippen LogP contribution in [-0.2, 0) is 26.0 Å². The van der Waals surface area contributed by atoms with Gasteiger partial charge in [-0.05, 0) is 62.8 Å². The lowest BCUT2D eigenvalue weighted by molar-refractivity contribution is -0.140. The molecular formula is C29H41N3O4S. The van der Waals surface area contributed by atoms with Crippen LogP contribution in [0.4, 0.5) is 5.69 Å². The second-order valence-corrected chi connectivity index (χ2v) is 12.0. The number of hydrogen-bond acceptors (Lipinski definition) is 4. The molecule has 0 aliphatic heterocycles. The van der Waals surface area contributed by atoms with Crippen molar-refractivity contribution in [2.24, 2.45) is 0 Å². The highest BCUT2D eigenvalue weighted by Crippen LogP contribution is 2.21. The predicted molar refractivity (Wildman–Crippen MR) is 149 cm³/mol. The lowest BCUT2D eigenvalue weighted by Gasteiger charge is -2.31. The van der Waals surface area contributed by atoms with Crippen molar-refractivity contribution in [1.82, 2.24) is 10.2 Å². The van der Waals surface area contributed by atoms with Gasteiger partial charge in [0, 0.05) is 25.6 Å². The van der Waals surface area contributed by atoms with Crippen molar-refractivity contribution in [1.29, 1.82) is 0 Å². The minimum Gasteiger partial charge on any atom is -0.352 e. The SMILES string of the molecule is Cc1cccc(N(CCCC(=O)N(CCc2ccccc2)[C@@H](C)C(=O)NC2CCCCC2)S(C)(=O)=O)c1. The molecule has 1 aliphatic rings. The Morgan fingerprint density at radius 3 is 2.35 bits per heavy atom. The molecule has 37 heavy (non-hydrogen) atoms. The van der Waals surface area contributed by atoms with Crippen molar-refractivity contribution in [2.45, 2.75) is 77.3 Å². The Balaban J connectivity index is 1.67. The van der Waals surface area contributed by atoms with Gasteiger partial charge in [0.25, 0.3) is 0 Å². The number of carbonyl (C=O) groups is 2. The lowest BCUT2D eigenvalue weighted by Crippen LogP contribution is -2.51. The molecule has 1 N–H and O–H groups in total. The maximum absolute atomic E-state index is 13.4. The molecule has 1 fully saturated rings. The van der Waals surface area contributed by atoms with Gasteiger partial charge in [-0.1, -0.05) is 61.7 Å². The van der Waals surface area contributed by atoms with Crippen LogP contribution in [0, 0.1) is 6.92 Å². The fourth-order valence-electron chi connectivity index (χ4n) is 4.93. The van der Waals surface area contributed by atoms with Crippen LogP contribution in [0.5, 0.6) is 0 Å². The number of carbonyl (C=O) groups excluding carboxylic acids is 2. The molecule has 7 nitrogen and oxygen atoms in total. The van der Waals surface area contributed by atoms with Gasteiger partial charge in [-0.15, -0.1) is 0 Å². The fraction of sp³-hybridized carbons (Fsp3) is 0.517. The van der Waals surface area contributed by atoms with E-state index in [9.17, 15) is 18.0 Å². The summed E-state index contributed by atoms with van der Waals surface area (Å²) < 4.78 is 26.3. The third kappa shape index (κ3) is 8.88. The van der Waals surface area contributed by atoms with Gasteiger partial charge < -0.3 is 10.2 Å². The highest BCUT2D eigenvalue weighted by Gasteiger charge is 2.28. The van der Waals surface area contributed by atoms with Crippen molar-refractivity contribution in [3.63, 3.8) is 0 Å². The maximum atomic E-state index is 13.4. The summed E-state index contributed by atoms with van der Waals surface area (Å²) in [6, 6.07) is 16.8. The third-order valence-corrected chi connectivity index (χ3v) is 8.24. The predicted octanol–water partition coefficient (Wildman–Crippen LogP) is 4.45. The number of anilines is 1. The van der Waals surface area contributed by atoms with E-state index >= 15 is 0 Å². The molecule has 0 heterocycles. The van der Waals surface area contributed by atoms with Crippen molar-refractivity contribution in [3.8, 4) is 0 Å². The van der Waals surface area contributed by atoms with Crippen molar-refractivity contribution >= 4 is 27.5 Å². The summed E-state index contributed by atoms with van der Waals surface area (Å²) in [5, 5.41) is 3.15. The smallest absolute Gasteiger partial charge is 0.242 e. The lowest BCUT2D eigenvalue weighted by atomic mass is 9.95. The van der Waals surface area contributed by atoms with Gasteiger partial charge in [-0.2, -0.15) is 0 Å². The molecular weight excluding hydrogens is 486 g/mol. The maximum Gasteiger partial charge on any atom is 0.242 e. The zero-order valence-electron chi connectivity index (χ0n) is 22.4. The second-order valence-electron chi connectivity index (χ2n) is 10.1. The molecule has 1 aliphatic carbocycles. The first kappa shape index (κ1) is 28.7. The number of amides is 2. The summed E-state index contributed by atoms with van der Waals surface area (Å²) in [4.78, 5) is 28.2. The minimum absolute atomic E-state index is 0.120. The highest BCUT2D eigenvalue weighted by molar-refractivity contribution is 7.92. The molecule has 8 heteroatoms.